The van der Waals surface area contributed by atoms with E-state index in [1.54, 1.807) is 0 Å². The van der Waals surface area contributed by atoms with Crippen LogP contribution in [0.15, 0.2) is 0 Å². The summed E-state index contributed by atoms with van der Waals surface area (Å²) in [6, 6.07) is 0.532. The van der Waals surface area contributed by atoms with Gasteiger partial charge < -0.3 is 10.7 Å². The molecule has 0 aromatic carbocycles. The van der Waals surface area contributed by atoms with Gasteiger partial charge in [0.15, 0.2) is 0 Å². The molecule has 1 heterocycles. The molecule has 3 rings (SSSR count). The van der Waals surface area contributed by atoms with Gasteiger partial charge in [-0.1, -0.05) is 19.8 Å². The third-order valence-electron chi connectivity index (χ3n) is 4.52. The van der Waals surface area contributed by atoms with Crippen LogP contribution < -0.4 is 16.6 Å². The summed E-state index contributed by atoms with van der Waals surface area (Å²) < 4.78 is 0. The Labute approximate surface area is 120 Å². The van der Waals surface area contributed by atoms with Gasteiger partial charge in [0.05, 0.1) is 0 Å². The van der Waals surface area contributed by atoms with Crippen molar-refractivity contribution < 1.29 is 0 Å². The zero-order valence-corrected chi connectivity index (χ0v) is 12.4. The number of hydrogen-bond acceptors (Lipinski definition) is 5. The van der Waals surface area contributed by atoms with Crippen molar-refractivity contribution in [3.8, 4) is 0 Å². The van der Waals surface area contributed by atoms with Gasteiger partial charge in [0.2, 0.25) is 0 Å². The monoisotopic (exact) mass is 275 g/mol. The second kappa shape index (κ2) is 5.56. The van der Waals surface area contributed by atoms with E-state index < -0.39 is 0 Å². The van der Waals surface area contributed by atoms with E-state index in [0.29, 0.717) is 12.0 Å². The van der Waals surface area contributed by atoms with Gasteiger partial charge in [-0.2, -0.15) is 0 Å². The van der Waals surface area contributed by atoms with Gasteiger partial charge in [0.1, 0.15) is 17.5 Å². The number of hydrogen-bond donors (Lipinski definition) is 3. The quantitative estimate of drug-likeness (QED) is 0.582. The van der Waals surface area contributed by atoms with Crippen LogP contribution in [0.2, 0.25) is 0 Å². The first kappa shape index (κ1) is 13.6. The molecule has 0 aliphatic heterocycles. The Bertz CT molecular complexity index is 483. The minimum Gasteiger partial charge on any atom is -0.367 e. The molecule has 2 fully saturated rings. The Morgan fingerprint density at radius 3 is 2.50 bits per heavy atom. The van der Waals surface area contributed by atoms with Crippen molar-refractivity contribution >= 4 is 11.6 Å². The standard InChI is InChI=1S/C15H25N5/c1-9-4-3-5-12(8-9)17-13-10(2)14(20-16)19-15(18-13)11-6-7-11/h9,11-12H,3-8,16H2,1-2H3,(H2,17,18,19,20). The normalized spacial score (nSPS) is 26.4. The Hall–Kier alpha value is -1.36. The molecule has 0 spiro atoms. The summed E-state index contributed by atoms with van der Waals surface area (Å²) in [6.07, 6.45) is 7.52. The fourth-order valence-electron chi connectivity index (χ4n) is 3.10. The molecule has 2 aliphatic rings. The number of aromatic nitrogens is 2. The van der Waals surface area contributed by atoms with Gasteiger partial charge in [-0.05, 0) is 38.5 Å². The number of hydrazine groups is 1. The molecule has 0 radical (unpaired) electrons. The highest BCUT2D eigenvalue weighted by atomic mass is 15.3. The Morgan fingerprint density at radius 2 is 1.85 bits per heavy atom. The minimum absolute atomic E-state index is 0.532. The van der Waals surface area contributed by atoms with E-state index in [2.05, 4.69) is 22.7 Å². The molecule has 2 unspecified atom stereocenters. The summed E-state index contributed by atoms with van der Waals surface area (Å²) in [5, 5.41) is 3.63. The van der Waals surface area contributed by atoms with E-state index in [-0.39, 0.29) is 0 Å². The van der Waals surface area contributed by atoms with E-state index in [1.807, 2.05) is 6.92 Å². The maximum absolute atomic E-state index is 5.60. The predicted molar refractivity (Wildman–Crippen MR) is 81.6 cm³/mol. The number of nitrogen functional groups attached to an aromatic ring is 1. The smallest absolute Gasteiger partial charge is 0.148 e. The average molecular weight is 275 g/mol. The Morgan fingerprint density at radius 1 is 1.10 bits per heavy atom. The molecule has 2 saturated carbocycles. The van der Waals surface area contributed by atoms with Gasteiger partial charge in [-0.15, -0.1) is 0 Å². The summed E-state index contributed by atoms with van der Waals surface area (Å²) >= 11 is 0. The second-order valence-electron chi connectivity index (χ2n) is 6.44. The zero-order chi connectivity index (χ0) is 14.1. The van der Waals surface area contributed by atoms with Crippen molar-refractivity contribution in [2.75, 3.05) is 10.7 Å². The van der Waals surface area contributed by atoms with Gasteiger partial charge >= 0.3 is 0 Å². The van der Waals surface area contributed by atoms with Crippen LogP contribution in [0.4, 0.5) is 11.6 Å². The molecule has 0 saturated heterocycles. The summed E-state index contributed by atoms with van der Waals surface area (Å²) in [4.78, 5) is 9.28. The lowest BCUT2D eigenvalue weighted by atomic mass is 9.87. The van der Waals surface area contributed by atoms with Gasteiger partial charge in [-0.3, -0.25) is 0 Å². The lowest BCUT2D eigenvalue weighted by Gasteiger charge is -2.28. The number of nitrogens with zero attached hydrogens (tertiary/aromatic N) is 2. The van der Waals surface area contributed by atoms with E-state index >= 15 is 0 Å². The first-order valence-electron chi connectivity index (χ1n) is 7.79. The molecule has 110 valence electrons. The summed E-state index contributed by atoms with van der Waals surface area (Å²) in [5.74, 6) is 9.60. The summed E-state index contributed by atoms with van der Waals surface area (Å²) in [6.45, 7) is 4.36. The number of nitrogens with one attached hydrogen (secondary N) is 2. The SMILES string of the molecule is Cc1c(NN)nc(C2CC2)nc1NC1CCCC(C)C1. The molecule has 5 heteroatoms. The number of nitrogens with two attached hydrogens (primary N) is 1. The lowest BCUT2D eigenvalue weighted by Crippen LogP contribution is -2.27. The zero-order valence-electron chi connectivity index (χ0n) is 12.4. The molecule has 2 atom stereocenters. The average Bonchev–Trinajstić information content (AvgIpc) is 3.25. The topological polar surface area (TPSA) is 75.9 Å². The van der Waals surface area contributed by atoms with E-state index in [9.17, 15) is 0 Å². The first-order valence-corrected chi connectivity index (χ1v) is 7.79. The minimum atomic E-state index is 0.532. The molecule has 5 nitrogen and oxygen atoms in total. The van der Waals surface area contributed by atoms with Gasteiger partial charge in [-0.25, -0.2) is 15.8 Å². The summed E-state index contributed by atoms with van der Waals surface area (Å²) in [5.41, 5.74) is 3.74. The van der Waals surface area contributed by atoms with Crippen LogP contribution in [-0.4, -0.2) is 16.0 Å². The third kappa shape index (κ3) is 2.87. The van der Waals surface area contributed by atoms with Crippen molar-refractivity contribution in [3.63, 3.8) is 0 Å². The second-order valence-corrected chi connectivity index (χ2v) is 6.44. The maximum Gasteiger partial charge on any atom is 0.148 e. The van der Waals surface area contributed by atoms with Crippen LogP contribution in [0.1, 0.15) is 62.8 Å². The molecule has 0 bridgehead atoms. The molecule has 1 aromatic rings. The van der Waals surface area contributed by atoms with Crippen molar-refractivity contribution in [2.24, 2.45) is 11.8 Å². The Balaban J connectivity index is 1.81. The van der Waals surface area contributed by atoms with Crippen molar-refractivity contribution in [2.45, 2.75) is 64.3 Å². The highest BCUT2D eigenvalue weighted by Crippen LogP contribution is 2.39. The Kier molecular flexibility index (Phi) is 3.78. The van der Waals surface area contributed by atoms with E-state index in [0.717, 1.165) is 28.9 Å². The van der Waals surface area contributed by atoms with E-state index in [4.69, 9.17) is 10.8 Å². The van der Waals surface area contributed by atoms with Crippen LogP contribution >= 0.6 is 0 Å². The number of rotatable bonds is 4. The van der Waals surface area contributed by atoms with Crippen LogP contribution in [-0.2, 0) is 0 Å². The third-order valence-corrected chi connectivity index (χ3v) is 4.52. The predicted octanol–water partition coefficient (Wildman–Crippen LogP) is 2.94. The largest absolute Gasteiger partial charge is 0.367 e. The molecule has 0 amide bonds. The molecular weight excluding hydrogens is 250 g/mol. The molecule has 20 heavy (non-hydrogen) atoms. The summed E-state index contributed by atoms with van der Waals surface area (Å²) in [7, 11) is 0. The fourth-order valence-corrected chi connectivity index (χ4v) is 3.10. The van der Waals surface area contributed by atoms with Crippen LogP contribution in [0.5, 0.6) is 0 Å². The fraction of sp³-hybridized carbons (Fsp3) is 0.733. The van der Waals surface area contributed by atoms with E-state index in [1.165, 1.54) is 38.5 Å². The highest BCUT2D eigenvalue weighted by Gasteiger charge is 2.29. The lowest BCUT2D eigenvalue weighted by molar-refractivity contribution is 0.358. The molecule has 2 aliphatic carbocycles. The maximum atomic E-state index is 5.60. The van der Waals surface area contributed by atoms with Gasteiger partial charge in [0.25, 0.3) is 0 Å². The molecular formula is C15H25N5. The molecule has 1 aromatic heterocycles. The van der Waals surface area contributed by atoms with Gasteiger partial charge in [0, 0.05) is 17.5 Å². The molecule has 4 N–H and O–H groups in total. The van der Waals surface area contributed by atoms with Crippen molar-refractivity contribution in [1.82, 2.24) is 9.97 Å². The van der Waals surface area contributed by atoms with Crippen molar-refractivity contribution in [3.05, 3.63) is 11.4 Å². The first-order chi connectivity index (χ1) is 9.67. The highest BCUT2D eigenvalue weighted by molar-refractivity contribution is 5.57. The van der Waals surface area contributed by atoms with Crippen LogP contribution in [0.25, 0.3) is 0 Å². The van der Waals surface area contributed by atoms with Crippen LogP contribution in [0, 0.1) is 12.8 Å². The van der Waals surface area contributed by atoms with Crippen molar-refractivity contribution in [1.29, 1.82) is 0 Å². The number of anilines is 2. The van der Waals surface area contributed by atoms with Crippen LogP contribution in [0.3, 0.4) is 0 Å².